The molecule has 0 spiro atoms. The van der Waals surface area contributed by atoms with E-state index in [1.807, 2.05) is 20.8 Å². The van der Waals surface area contributed by atoms with Gasteiger partial charge in [-0.05, 0) is 45.1 Å². The molecule has 2 amide bonds. The fourth-order valence-corrected chi connectivity index (χ4v) is 2.47. The number of carbonyl (C=O) groups is 2. The Bertz CT molecular complexity index is 490. The van der Waals surface area contributed by atoms with E-state index in [0.29, 0.717) is 18.0 Å². The Labute approximate surface area is 127 Å². The fourth-order valence-electron chi connectivity index (χ4n) is 2.06. The molecule has 1 aliphatic heterocycles. The van der Waals surface area contributed by atoms with Crippen LogP contribution in [0.3, 0.4) is 0 Å². The molecule has 0 aliphatic carbocycles. The van der Waals surface area contributed by atoms with E-state index in [1.165, 1.54) is 6.20 Å². The first-order chi connectivity index (χ1) is 9.85. The molecule has 7 nitrogen and oxygen atoms in total. The smallest absolute Gasteiger partial charge is 0.410 e. The van der Waals surface area contributed by atoms with Gasteiger partial charge in [0, 0.05) is 19.1 Å². The molecule has 0 saturated carbocycles. The number of nitrogens with zero attached hydrogens (tertiary/aromatic N) is 3. The van der Waals surface area contributed by atoms with Gasteiger partial charge >= 0.3 is 6.09 Å². The minimum atomic E-state index is -0.485. The Hall–Kier alpha value is -1.70. The van der Waals surface area contributed by atoms with Crippen LogP contribution in [0.15, 0.2) is 6.20 Å². The molecule has 21 heavy (non-hydrogen) atoms. The van der Waals surface area contributed by atoms with Gasteiger partial charge in [-0.3, -0.25) is 4.79 Å². The summed E-state index contributed by atoms with van der Waals surface area (Å²) in [5, 5.41) is 6.59. The van der Waals surface area contributed by atoms with Crippen LogP contribution < -0.4 is 5.32 Å². The number of likely N-dealkylation sites (tertiary alicyclic amines) is 1. The number of hydrogen-bond donors (Lipinski definition) is 1. The van der Waals surface area contributed by atoms with Gasteiger partial charge in [0.1, 0.15) is 10.5 Å². The number of amides is 2. The Kier molecular flexibility index (Phi) is 4.76. The van der Waals surface area contributed by atoms with Gasteiger partial charge in [-0.15, -0.1) is 5.10 Å². The molecule has 1 aliphatic rings. The number of aromatic nitrogens is 2. The molecule has 0 unspecified atom stereocenters. The molecule has 2 rings (SSSR count). The van der Waals surface area contributed by atoms with Crippen molar-refractivity contribution in [3.05, 3.63) is 11.1 Å². The van der Waals surface area contributed by atoms with Crippen LogP contribution in [0.4, 0.5) is 4.79 Å². The van der Waals surface area contributed by atoms with E-state index in [1.54, 1.807) is 4.90 Å². The Morgan fingerprint density at radius 2 is 2.05 bits per heavy atom. The van der Waals surface area contributed by atoms with Crippen LogP contribution in [0.5, 0.6) is 0 Å². The number of nitrogens with one attached hydrogen (secondary N) is 1. The summed E-state index contributed by atoms with van der Waals surface area (Å²) in [6.45, 7) is 6.71. The molecule has 1 N–H and O–H groups in total. The largest absolute Gasteiger partial charge is 0.444 e. The summed E-state index contributed by atoms with van der Waals surface area (Å²) in [4.78, 5) is 26.0. The molecular weight excluding hydrogens is 292 g/mol. The highest BCUT2D eigenvalue weighted by molar-refractivity contribution is 7.07. The van der Waals surface area contributed by atoms with E-state index in [4.69, 9.17) is 4.74 Å². The third kappa shape index (κ3) is 4.66. The SMILES string of the molecule is CC(C)(C)OC(=O)N1CCC(NC(=O)c2cnns2)CC1. The van der Waals surface area contributed by atoms with Crippen LogP contribution in [-0.4, -0.2) is 51.2 Å². The van der Waals surface area contributed by atoms with E-state index >= 15 is 0 Å². The highest BCUT2D eigenvalue weighted by Crippen LogP contribution is 2.16. The van der Waals surface area contributed by atoms with Crippen LogP contribution in [0.2, 0.25) is 0 Å². The summed E-state index contributed by atoms with van der Waals surface area (Å²) in [5.41, 5.74) is -0.485. The Morgan fingerprint density at radius 3 is 2.57 bits per heavy atom. The zero-order chi connectivity index (χ0) is 15.5. The standard InChI is InChI=1S/C13H20N4O3S/c1-13(2,3)20-12(19)17-6-4-9(5-7-17)15-11(18)10-8-14-16-21-10/h8-9H,4-7H2,1-3H3,(H,15,18). The van der Waals surface area contributed by atoms with E-state index in [-0.39, 0.29) is 18.0 Å². The summed E-state index contributed by atoms with van der Waals surface area (Å²) in [5.74, 6) is -0.152. The molecule has 8 heteroatoms. The molecule has 1 saturated heterocycles. The van der Waals surface area contributed by atoms with E-state index in [2.05, 4.69) is 14.9 Å². The molecule has 1 aromatic heterocycles. The summed E-state index contributed by atoms with van der Waals surface area (Å²) < 4.78 is 9.00. The predicted molar refractivity (Wildman–Crippen MR) is 78.2 cm³/mol. The molecule has 0 bridgehead atoms. The lowest BCUT2D eigenvalue weighted by atomic mass is 10.1. The van der Waals surface area contributed by atoms with E-state index < -0.39 is 5.60 Å². The average Bonchev–Trinajstić information content (AvgIpc) is 2.91. The molecule has 2 heterocycles. The quantitative estimate of drug-likeness (QED) is 0.898. The highest BCUT2D eigenvalue weighted by atomic mass is 32.1. The average molecular weight is 312 g/mol. The second-order valence-corrected chi connectivity index (χ2v) is 6.78. The van der Waals surface area contributed by atoms with Crippen LogP contribution in [0, 0.1) is 0 Å². The van der Waals surface area contributed by atoms with Gasteiger partial charge in [-0.2, -0.15) is 0 Å². The Morgan fingerprint density at radius 1 is 1.38 bits per heavy atom. The van der Waals surface area contributed by atoms with Crippen LogP contribution in [-0.2, 0) is 4.74 Å². The first-order valence-corrected chi connectivity index (χ1v) is 7.68. The van der Waals surface area contributed by atoms with Gasteiger partial charge in [-0.1, -0.05) is 4.49 Å². The zero-order valence-corrected chi connectivity index (χ0v) is 13.3. The molecule has 0 radical (unpaired) electrons. The van der Waals surface area contributed by atoms with Gasteiger partial charge in [0.05, 0.1) is 6.20 Å². The van der Waals surface area contributed by atoms with Gasteiger partial charge in [0.25, 0.3) is 5.91 Å². The number of hydrogen-bond acceptors (Lipinski definition) is 6. The second kappa shape index (κ2) is 6.38. The summed E-state index contributed by atoms with van der Waals surface area (Å²) in [7, 11) is 0. The van der Waals surface area contributed by atoms with Crippen LogP contribution >= 0.6 is 11.5 Å². The van der Waals surface area contributed by atoms with Crippen molar-refractivity contribution in [3.63, 3.8) is 0 Å². The summed E-state index contributed by atoms with van der Waals surface area (Å²) in [6, 6.07) is 0.0679. The monoisotopic (exact) mass is 312 g/mol. The zero-order valence-electron chi connectivity index (χ0n) is 12.5. The number of rotatable bonds is 2. The second-order valence-electron chi connectivity index (χ2n) is 6.00. The van der Waals surface area contributed by atoms with Crippen molar-refractivity contribution in [1.29, 1.82) is 0 Å². The molecule has 1 aromatic rings. The van der Waals surface area contributed by atoms with Crippen LogP contribution in [0.1, 0.15) is 43.3 Å². The first-order valence-electron chi connectivity index (χ1n) is 6.91. The maximum atomic E-state index is 11.9. The molecular formula is C13H20N4O3S. The van der Waals surface area contributed by atoms with Crippen molar-refractivity contribution in [3.8, 4) is 0 Å². The molecule has 1 fully saturated rings. The lowest BCUT2D eigenvalue weighted by Crippen LogP contribution is -2.47. The number of ether oxygens (including phenoxy) is 1. The maximum Gasteiger partial charge on any atom is 0.410 e. The third-order valence-corrected chi connectivity index (χ3v) is 3.73. The summed E-state index contributed by atoms with van der Waals surface area (Å²) in [6.07, 6.45) is 2.60. The topological polar surface area (TPSA) is 84.4 Å². The van der Waals surface area contributed by atoms with Crippen molar-refractivity contribution >= 4 is 23.5 Å². The minimum absolute atomic E-state index is 0.0679. The molecule has 0 atom stereocenters. The third-order valence-electron chi connectivity index (χ3n) is 3.07. The van der Waals surface area contributed by atoms with Crippen molar-refractivity contribution in [2.45, 2.75) is 45.3 Å². The highest BCUT2D eigenvalue weighted by Gasteiger charge is 2.27. The molecule has 116 valence electrons. The van der Waals surface area contributed by atoms with Crippen molar-refractivity contribution in [1.82, 2.24) is 19.8 Å². The van der Waals surface area contributed by atoms with E-state index in [0.717, 1.165) is 24.4 Å². The molecule has 0 aromatic carbocycles. The first kappa shape index (κ1) is 15.7. The van der Waals surface area contributed by atoms with Gasteiger partial charge in [0.15, 0.2) is 0 Å². The lowest BCUT2D eigenvalue weighted by Gasteiger charge is -2.33. The minimum Gasteiger partial charge on any atom is -0.444 e. The lowest BCUT2D eigenvalue weighted by molar-refractivity contribution is 0.0200. The number of piperidine rings is 1. The van der Waals surface area contributed by atoms with E-state index in [9.17, 15) is 9.59 Å². The predicted octanol–water partition coefficient (Wildman–Crippen LogP) is 1.67. The summed E-state index contributed by atoms with van der Waals surface area (Å²) >= 11 is 1.07. The van der Waals surface area contributed by atoms with Crippen molar-refractivity contribution in [2.75, 3.05) is 13.1 Å². The van der Waals surface area contributed by atoms with Gasteiger partial charge < -0.3 is 15.0 Å². The normalized spacial score (nSPS) is 16.6. The fraction of sp³-hybridized carbons (Fsp3) is 0.692. The van der Waals surface area contributed by atoms with Gasteiger partial charge in [0.2, 0.25) is 0 Å². The maximum absolute atomic E-state index is 11.9. The van der Waals surface area contributed by atoms with Crippen molar-refractivity contribution in [2.24, 2.45) is 0 Å². The number of carbonyl (C=O) groups excluding carboxylic acids is 2. The Balaban J connectivity index is 1.78. The van der Waals surface area contributed by atoms with Gasteiger partial charge in [-0.25, -0.2) is 4.79 Å². The van der Waals surface area contributed by atoms with Crippen molar-refractivity contribution < 1.29 is 14.3 Å². The van der Waals surface area contributed by atoms with Crippen LogP contribution in [0.25, 0.3) is 0 Å².